The summed E-state index contributed by atoms with van der Waals surface area (Å²) < 4.78 is 0. The average Bonchev–Trinajstić information content (AvgIpc) is 2.09. The minimum atomic E-state index is -0.192. The number of phenolic OH excluding ortho intramolecular Hbond substituents is 2. The summed E-state index contributed by atoms with van der Waals surface area (Å²) in [5.41, 5.74) is 0.558. The van der Waals surface area contributed by atoms with Crippen molar-refractivity contribution in [3.8, 4) is 11.5 Å². The normalized spacial score (nSPS) is 10.5. The lowest BCUT2D eigenvalue weighted by Gasteiger charge is -2.01. The van der Waals surface area contributed by atoms with Crippen molar-refractivity contribution >= 4 is 22.5 Å². The zero-order valence-electron chi connectivity index (χ0n) is 6.53. The quantitative estimate of drug-likeness (QED) is 0.635. The van der Waals surface area contributed by atoms with Crippen molar-refractivity contribution in [2.75, 3.05) is 0 Å². The van der Waals surface area contributed by atoms with E-state index in [1.54, 1.807) is 12.3 Å². The van der Waals surface area contributed by atoms with E-state index in [4.69, 9.17) is 11.6 Å². The minimum Gasteiger partial charge on any atom is -0.504 e. The molecule has 0 aliphatic heterocycles. The van der Waals surface area contributed by atoms with Gasteiger partial charge in [-0.05, 0) is 12.1 Å². The van der Waals surface area contributed by atoms with Crippen LogP contribution in [0.4, 0.5) is 0 Å². The molecule has 0 spiro atoms. The maximum Gasteiger partial charge on any atom is 0.159 e. The molecule has 0 saturated heterocycles. The van der Waals surface area contributed by atoms with Gasteiger partial charge in [-0.1, -0.05) is 11.6 Å². The second-order valence-electron chi connectivity index (χ2n) is 2.65. The van der Waals surface area contributed by atoms with Crippen LogP contribution in [0.5, 0.6) is 11.5 Å². The highest BCUT2D eigenvalue weighted by atomic mass is 35.5. The molecule has 0 radical (unpaired) electrons. The highest BCUT2D eigenvalue weighted by Crippen LogP contribution is 2.32. The molecule has 66 valence electrons. The Kier molecular flexibility index (Phi) is 1.74. The lowest BCUT2D eigenvalue weighted by atomic mass is 10.2. The van der Waals surface area contributed by atoms with Gasteiger partial charge in [-0.25, -0.2) is 0 Å². The van der Waals surface area contributed by atoms with Gasteiger partial charge in [-0.15, -0.1) is 0 Å². The largest absolute Gasteiger partial charge is 0.504 e. The van der Waals surface area contributed by atoms with E-state index in [2.05, 4.69) is 4.98 Å². The monoisotopic (exact) mass is 195 g/mol. The summed E-state index contributed by atoms with van der Waals surface area (Å²) in [4.78, 5) is 3.99. The van der Waals surface area contributed by atoms with E-state index in [0.29, 0.717) is 15.9 Å². The van der Waals surface area contributed by atoms with E-state index < -0.39 is 0 Å². The molecule has 0 saturated carbocycles. The highest BCUT2D eigenvalue weighted by molar-refractivity contribution is 6.35. The standard InChI is InChI=1S/C9H6ClNO2/c10-6-1-2-11-7-4-9(13)8(12)3-5(6)7/h1-4,12-13H. The minimum absolute atomic E-state index is 0.192. The predicted octanol–water partition coefficient (Wildman–Crippen LogP) is 2.30. The molecule has 2 aromatic rings. The molecular weight excluding hydrogens is 190 g/mol. The van der Waals surface area contributed by atoms with Gasteiger partial charge in [0.1, 0.15) is 0 Å². The van der Waals surface area contributed by atoms with Crippen molar-refractivity contribution in [3.63, 3.8) is 0 Å². The number of hydrogen-bond acceptors (Lipinski definition) is 3. The Morgan fingerprint density at radius 2 is 1.85 bits per heavy atom. The molecule has 1 heterocycles. The zero-order valence-corrected chi connectivity index (χ0v) is 7.28. The number of hydrogen-bond donors (Lipinski definition) is 2. The van der Waals surface area contributed by atoms with Crippen LogP contribution in [0.15, 0.2) is 24.4 Å². The lowest BCUT2D eigenvalue weighted by Crippen LogP contribution is -1.79. The summed E-state index contributed by atoms with van der Waals surface area (Å²) in [6.07, 6.45) is 1.54. The molecule has 1 aromatic heterocycles. The fourth-order valence-corrected chi connectivity index (χ4v) is 1.34. The summed E-state index contributed by atoms with van der Waals surface area (Å²) in [6.45, 7) is 0. The van der Waals surface area contributed by atoms with E-state index in [-0.39, 0.29) is 11.5 Å². The van der Waals surface area contributed by atoms with Crippen LogP contribution in [0, 0.1) is 0 Å². The van der Waals surface area contributed by atoms with Gasteiger partial charge in [0, 0.05) is 17.6 Å². The number of benzene rings is 1. The third kappa shape index (κ3) is 1.27. The Bertz CT molecular complexity index is 470. The lowest BCUT2D eigenvalue weighted by molar-refractivity contribution is 0.405. The van der Waals surface area contributed by atoms with E-state index in [9.17, 15) is 10.2 Å². The highest BCUT2D eigenvalue weighted by Gasteiger charge is 2.05. The first kappa shape index (κ1) is 8.13. The van der Waals surface area contributed by atoms with Crippen LogP contribution < -0.4 is 0 Å². The number of aromatic hydroxyl groups is 2. The molecule has 0 aliphatic rings. The van der Waals surface area contributed by atoms with Crippen molar-refractivity contribution in [3.05, 3.63) is 29.4 Å². The molecule has 2 rings (SSSR count). The molecule has 13 heavy (non-hydrogen) atoms. The smallest absolute Gasteiger partial charge is 0.159 e. The van der Waals surface area contributed by atoms with Crippen LogP contribution in [0.2, 0.25) is 5.02 Å². The van der Waals surface area contributed by atoms with Gasteiger partial charge < -0.3 is 10.2 Å². The molecule has 0 fully saturated rings. The molecule has 4 heteroatoms. The van der Waals surface area contributed by atoms with Gasteiger partial charge in [0.25, 0.3) is 0 Å². The summed E-state index contributed by atoms with van der Waals surface area (Å²) >= 11 is 5.85. The third-order valence-corrected chi connectivity index (χ3v) is 2.11. The Balaban J connectivity index is 2.89. The first-order valence-electron chi connectivity index (χ1n) is 3.64. The van der Waals surface area contributed by atoms with Crippen LogP contribution in [0.1, 0.15) is 0 Å². The molecule has 1 aromatic carbocycles. The second-order valence-corrected chi connectivity index (χ2v) is 3.06. The molecule has 0 aliphatic carbocycles. The maximum atomic E-state index is 9.21. The van der Waals surface area contributed by atoms with Crippen molar-refractivity contribution < 1.29 is 10.2 Å². The van der Waals surface area contributed by atoms with Crippen molar-refractivity contribution in [1.82, 2.24) is 4.98 Å². The van der Waals surface area contributed by atoms with Crippen molar-refractivity contribution in [1.29, 1.82) is 0 Å². The van der Waals surface area contributed by atoms with Crippen molar-refractivity contribution in [2.24, 2.45) is 0 Å². The number of aromatic nitrogens is 1. The third-order valence-electron chi connectivity index (χ3n) is 1.78. The molecule has 0 amide bonds. The van der Waals surface area contributed by atoms with Gasteiger partial charge in [-0.2, -0.15) is 0 Å². The van der Waals surface area contributed by atoms with Gasteiger partial charge in [-0.3, -0.25) is 4.98 Å². The fraction of sp³-hybridized carbons (Fsp3) is 0. The van der Waals surface area contributed by atoms with Gasteiger partial charge >= 0.3 is 0 Å². The fourth-order valence-electron chi connectivity index (χ4n) is 1.14. The summed E-state index contributed by atoms with van der Waals surface area (Å²) in [5, 5.41) is 19.5. The van der Waals surface area contributed by atoms with Crippen LogP contribution in [-0.4, -0.2) is 15.2 Å². The second kappa shape index (κ2) is 2.78. The van der Waals surface area contributed by atoms with Crippen LogP contribution in [0.25, 0.3) is 10.9 Å². The van der Waals surface area contributed by atoms with Crippen LogP contribution in [-0.2, 0) is 0 Å². The van der Waals surface area contributed by atoms with Gasteiger partial charge in [0.05, 0.1) is 10.5 Å². The molecule has 0 bridgehead atoms. The molecule has 2 N–H and O–H groups in total. The summed E-state index contributed by atoms with van der Waals surface area (Å²) in [5.74, 6) is -0.385. The van der Waals surface area contributed by atoms with Crippen LogP contribution in [0.3, 0.4) is 0 Å². The van der Waals surface area contributed by atoms with E-state index in [0.717, 1.165) is 0 Å². The topological polar surface area (TPSA) is 53.4 Å². The number of pyridine rings is 1. The SMILES string of the molecule is Oc1cc2nccc(Cl)c2cc1O. The first-order valence-corrected chi connectivity index (χ1v) is 4.02. The molecule has 3 nitrogen and oxygen atoms in total. The first-order chi connectivity index (χ1) is 6.18. The van der Waals surface area contributed by atoms with Crippen LogP contribution >= 0.6 is 11.6 Å². The zero-order chi connectivity index (χ0) is 9.42. The number of phenols is 2. The molecule has 0 unspecified atom stereocenters. The number of rotatable bonds is 0. The Morgan fingerprint density at radius 3 is 2.62 bits per heavy atom. The number of nitrogens with zero attached hydrogens (tertiary/aromatic N) is 1. The predicted molar refractivity (Wildman–Crippen MR) is 50.1 cm³/mol. The number of halogens is 1. The Labute approximate surface area is 79.2 Å². The molecule has 0 atom stereocenters. The molecular formula is C9H6ClNO2. The van der Waals surface area contributed by atoms with E-state index >= 15 is 0 Å². The van der Waals surface area contributed by atoms with E-state index in [1.807, 2.05) is 0 Å². The number of fused-ring (bicyclic) bond motifs is 1. The summed E-state index contributed by atoms with van der Waals surface area (Å²) in [7, 11) is 0. The summed E-state index contributed by atoms with van der Waals surface area (Å²) in [6, 6.07) is 4.39. The van der Waals surface area contributed by atoms with Crippen molar-refractivity contribution in [2.45, 2.75) is 0 Å². The Hall–Kier alpha value is -1.48. The maximum absolute atomic E-state index is 9.21. The average molecular weight is 196 g/mol. The van der Waals surface area contributed by atoms with Gasteiger partial charge in [0.2, 0.25) is 0 Å². The Morgan fingerprint density at radius 1 is 1.15 bits per heavy atom. The van der Waals surface area contributed by atoms with Gasteiger partial charge in [0.15, 0.2) is 11.5 Å². The van der Waals surface area contributed by atoms with E-state index in [1.165, 1.54) is 12.1 Å².